The zero-order valence-electron chi connectivity index (χ0n) is 9.90. The van der Waals surface area contributed by atoms with E-state index in [-0.39, 0.29) is 24.1 Å². The van der Waals surface area contributed by atoms with Gasteiger partial charge in [-0.3, -0.25) is 9.59 Å². The number of carbonyl (C=O) groups excluding carboxylic acids is 2. The van der Waals surface area contributed by atoms with Crippen LogP contribution in [-0.4, -0.2) is 18.9 Å². The van der Waals surface area contributed by atoms with Crippen molar-refractivity contribution < 1.29 is 14.3 Å². The van der Waals surface area contributed by atoms with Crippen molar-refractivity contribution in [1.82, 2.24) is 0 Å². The first kappa shape index (κ1) is 13.7. The molecule has 3 nitrogen and oxygen atoms in total. The normalized spacial score (nSPS) is 11.9. The Kier molecular flexibility index (Phi) is 5.16. The van der Waals surface area contributed by atoms with E-state index in [9.17, 15) is 9.59 Å². The minimum Gasteiger partial charge on any atom is -0.469 e. The number of carbonyl (C=O) groups is 2. The van der Waals surface area contributed by atoms with Gasteiger partial charge in [0, 0.05) is 23.4 Å². The number of ketones is 1. The summed E-state index contributed by atoms with van der Waals surface area (Å²) in [5.41, 5.74) is 0.578. The molecule has 17 heavy (non-hydrogen) atoms. The fourth-order valence-corrected chi connectivity index (χ4v) is 1.73. The number of benzene rings is 1. The Hall–Kier alpha value is -1.35. The molecule has 0 aliphatic carbocycles. The minimum absolute atomic E-state index is 0.0103. The second-order valence-electron chi connectivity index (χ2n) is 4.02. The maximum absolute atomic E-state index is 11.9. The molecular weight excluding hydrogens is 240 g/mol. The van der Waals surface area contributed by atoms with Crippen molar-refractivity contribution in [1.29, 1.82) is 0 Å². The van der Waals surface area contributed by atoms with Gasteiger partial charge in [0.05, 0.1) is 7.11 Å². The number of halogens is 1. The molecule has 0 saturated carbocycles. The molecule has 0 radical (unpaired) electrons. The van der Waals surface area contributed by atoms with Crippen molar-refractivity contribution >= 4 is 23.4 Å². The van der Waals surface area contributed by atoms with Crippen molar-refractivity contribution in [2.24, 2.45) is 5.92 Å². The third kappa shape index (κ3) is 4.57. The average Bonchev–Trinajstić information content (AvgIpc) is 2.28. The fraction of sp³-hybridized carbons (Fsp3) is 0.385. The van der Waals surface area contributed by atoms with Crippen LogP contribution in [0.5, 0.6) is 0 Å². The molecule has 0 fully saturated rings. The Bertz CT molecular complexity index is 415. The van der Waals surface area contributed by atoms with E-state index in [4.69, 9.17) is 11.6 Å². The van der Waals surface area contributed by atoms with Crippen LogP contribution in [-0.2, 0) is 9.53 Å². The first-order valence-electron chi connectivity index (χ1n) is 5.38. The van der Waals surface area contributed by atoms with Crippen LogP contribution in [0.1, 0.15) is 30.1 Å². The number of rotatable bonds is 5. The molecule has 1 aromatic carbocycles. The molecule has 92 valence electrons. The Labute approximate surface area is 106 Å². The maximum Gasteiger partial charge on any atom is 0.305 e. The Morgan fingerprint density at radius 3 is 2.65 bits per heavy atom. The highest BCUT2D eigenvalue weighted by Gasteiger charge is 2.15. The molecule has 0 bridgehead atoms. The largest absolute Gasteiger partial charge is 0.469 e. The smallest absolute Gasteiger partial charge is 0.305 e. The van der Waals surface area contributed by atoms with Gasteiger partial charge in [0.25, 0.3) is 0 Å². The topological polar surface area (TPSA) is 43.4 Å². The Balaban J connectivity index is 2.57. The number of esters is 1. The van der Waals surface area contributed by atoms with Gasteiger partial charge < -0.3 is 4.74 Å². The molecule has 4 heteroatoms. The molecule has 0 aliphatic rings. The van der Waals surface area contributed by atoms with E-state index in [0.717, 1.165) is 0 Å². The summed E-state index contributed by atoms with van der Waals surface area (Å²) in [6, 6.07) is 6.81. The van der Waals surface area contributed by atoms with Gasteiger partial charge in [-0.1, -0.05) is 30.7 Å². The van der Waals surface area contributed by atoms with Gasteiger partial charge >= 0.3 is 5.97 Å². The second kappa shape index (κ2) is 6.40. The molecule has 0 aromatic heterocycles. The standard InChI is InChI=1S/C13H15ClO3/c1-9(7-13(16)17-2)6-12(15)10-4-3-5-11(14)8-10/h3-5,8-9H,6-7H2,1-2H3/t9-/m1/s1. The first-order chi connectivity index (χ1) is 8.02. The van der Waals surface area contributed by atoms with Crippen molar-refractivity contribution in [2.75, 3.05) is 7.11 Å². The molecule has 0 unspecified atom stereocenters. The summed E-state index contributed by atoms with van der Waals surface area (Å²) in [4.78, 5) is 22.9. The monoisotopic (exact) mass is 254 g/mol. The maximum atomic E-state index is 11.9. The van der Waals surface area contributed by atoms with Crippen LogP contribution >= 0.6 is 11.6 Å². The molecule has 0 aliphatic heterocycles. The van der Waals surface area contributed by atoms with Gasteiger partial charge in [0.2, 0.25) is 0 Å². The van der Waals surface area contributed by atoms with Gasteiger partial charge in [-0.2, -0.15) is 0 Å². The summed E-state index contributed by atoms with van der Waals surface area (Å²) in [5, 5.41) is 0.538. The second-order valence-corrected chi connectivity index (χ2v) is 4.46. The van der Waals surface area contributed by atoms with Gasteiger partial charge in [-0.05, 0) is 18.1 Å². The lowest BCUT2D eigenvalue weighted by atomic mass is 9.97. The average molecular weight is 255 g/mol. The zero-order chi connectivity index (χ0) is 12.8. The van der Waals surface area contributed by atoms with Crippen molar-refractivity contribution in [3.8, 4) is 0 Å². The van der Waals surface area contributed by atoms with Crippen LogP contribution < -0.4 is 0 Å². The molecule has 1 aromatic rings. The number of hydrogen-bond acceptors (Lipinski definition) is 3. The zero-order valence-corrected chi connectivity index (χ0v) is 10.7. The van der Waals surface area contributed by atoms with E-state index in [1.54, 1.807) is 24.3 Å². The van der Waals surface area contributed by atoms with Crippen LogP contribution in [0.25, 0.3) is 0 Å². The quantitative estimate of drug-likeness (QED) is 0.599. The van der Waals surface area contributed by atoms with Crippen LogP contribution in [0.3, 0.4) is 0 Å². The fourth-order valence-electron chi connectivity index (χ4n) is 1.54. The van der Waals surface area contributed by atoms with Crippen molar-refractivity contribution in [3.63, 3.8) is 0 Å². The Morgan fingerprint density at radius 1 is 1.35 bits per heavy atom. The lowest BCUT2D eigenvalue weighted by molar-refractivity contribution is -0.141. The lowest BCUT2D eigenvalue weighted by Crippen LogP contribution is -2.11. The van der Waals surface area contributed by atoms with E-state index in [2.05, 4.69) is 4.74 Å². The van der Waals surface area contributed by atoms with E-state index < -0.39 is 0 Å². The van der Waals surface area contributed by atoms with Crippen LogP contribution in [0, 0.1) is 5.92 Å². The third-order valence-electron chi connectivity index (χ3n) is 2.42. The van der Waals surface area contributed by atoms with Gasteiger partial charge in [0.15, 0.2) is 5.78 Å². The third-order valence-corrected chi connectivity index (χ3v) is 2.66. The van der Waals surface area contributed by atoms with E-state index in [0.29, 0.717) is 17.0 Å². The van der Waals surface area contributed by atoms with Crippen molar-refractivity contribution in [2.45, 2.75) is 19.8 Å². The summed E-state index contributed by atoms with van der Waals surface area (Å²) in [7, 11) is 1.34. The van der Waals surface area contributed by atoms with Crippen molar-refractivity contribution in [3.05, 3.63) is 34.9 Å². The summed E-state index contributed by atoms with van der Waals surface area (Å²) in [6.45, 7) is 1.85. The molecule has 0 N–H and O–H groups in total. The van der Waals surface area contributed by atoms with E-state index in [1.165, 1.54) is 7.11 Å². The van der Waals surface area contributed by atoms with E-state index in [1.807, 2.05) is 6.92 Å². The van der Waals surface area contributed by atoms with Crippen LogP contribution in [0.4, 0.5) is 0 Å². The highest BCUT2D eigenvalue weighted by molar-refractivity contribution is 6.31. The SMILES string of the molecule is COC(=O)C[C@H](C)CC(=O)c1cccc(Cl)c1. The number of methoxy groups -OCH3 is 1. The highest BCUT2D eigenvalue weighted by Crippen LogP contribution is 2.16. The molecule has 0 amide bonds. The summed E-state index contributed by atoms with van der Waals surface area (Å²) < 4.78 is 4.56. The van der Waals surface area contributed by atoms with Gasteiger partial charge in [-0.25, -0.2) is 0 Å². The molecule has 0 heterocycles. The summed E-state index contributed by atoms with van der Waals surface area (Å²) >= 11 is 5.81. The summed E-state index contributed by atoms with van der Waals surface area (Å²) in [5.74, 6) is -0.339. The number of hydrogen-bond donors (Lipinski definition) is 0. The van der Waals surface area contributed by atoms with Gasteiger partial charge in [-0.15, -0.1) is 0 Å². The lowest BCUT2D eigenvalue weighted by Gasteiger charge is -2.09. The Morgan fingerprint density at radius 2 is 2.06 bits per heavy atom. The number of Topliss-reactive ketones (excluding diaryl/α,β-unsaturated/α-hetero) is 1. The minimum atomic E-state index is -0.295. The van der Waals surface area contributed by atoms with Gasteiger partial charge in [0.1, 0.15) is 0 Å². The first-order valence-corrected chi connectivity index (χ1v) is 5.76. The summed E-state index contributed by atoms with van der Waals surface area (Å²) in [6.07, 6.45) is 0.568. The molecule has 0 spiro atoms. The van der Waals surface area contributed by atoms with Crippen LogP contribution in [0.15, 0.2) is 24.3 Å². The molecule has 1 rings (SSSR count). The molecular formula is C13H15ClO3. The highest BCUT2D eigenvalue weighted by atomic mass is 35.5. The molecule has 0 saturated heterocycles. The number of ether oxygens (including phenoxy) is 1. The van der Waals surface area contributed by atoms with E-state index >= 15 is 0 Å². The van der Waals surface area contributed by atoms with Crippen LogP contribution in [0.2, 0.25) is 5.02 Å². The predicted octanol–water partition coefficient (Wildman–Crippen LogP) is 3.11. The molecule has 1 atom stereocenters. The predicted molar refractivity (Wildman–Crippen MR) is 66.2 cm³/mol.